The molecule has 0 fully saturated rings. The zero-order valence-electron chi connectivity index (χ0n) is 15.9. The molecule has 3 rings (SSSR count). The van der Waals surface area contributed by atoms with E-state index in [2.05, 4.69) is 12.1 Å². The van der Waals surface area contributed by atoms with E-state index in [9.17, 15) is 10.5 Å². The number of rotatable bonds is 1. The first-order valence-electron chi connectivity index (χ1n) is 10.1. The Morgan fingerprint density at radius 1 is 0.667 bits per heavy atom. The average molecular weight is 358 g/mol. The van der Waals surface area contributed by atoms with Crippen LogP contribution < -0.4 is 5.73 Å². The van der Waals surface area contributed by atoms with Crippen LogP contribution >= 0.6 is 0 Å². The molecule has 0 atom stereocenters. The molecule has 0 saturated carbocycles. The molecule has 2 aromatic rings. The summed E-state index contributed by atoms with van der Waals surface area (Å²) in [6, 6.07) is 14.7. The summed E-state index contributed by atoms with van der Waals surface area (Å²) in [6.07, 6.45) is 11.5. The highest BCUT2D eigenvalue weighted by Crippen LogP contribution is 2.38. The third-order valence-electron chi connectivity index (χ3n) is 5.65. The molecule has 0 heterocycles. The number of fused-ring (bicyclic) bond motifs is 1. The molecule has 0 aliphatic heterocycles. The molecule has 0 unspecified atom stereocenters. The van der Waals surface area contributed by atoms with Crippen molar-refractivity contribution >= 4 is 5.69 Å². The van der Waals surface area contributed by atoms with Gasteiger partial charge in [-0.1, -0.05) is 68.9 Å². The van der Waals surface area contributed by atoms with Crippen LogP contribution in [0.25, 0.3) is 11.1 Å². The van der Waals surface area contributed by atoms with Gasteiger partial charge in [0.2, 0.25) is 0 Å². The van der Waals surface area contributed by atoms with Gasteiger partial charge in [0.1, 0.15) is 12.1 Å². The molecule has 27 heavy (non-hydrogen) atoms. The van der Waals surface area contributed by atoms with Gasteiger partial charge in [0.15, 0.2) is 0 Å². The van der Waals surface area contributed by atoms with Crippen LogP contribution in [0.4, 0.5) is 5.69 Å². The Morgan fingerprint density at radius 2 is 1.19 bits per heavy atom. The standard InChI is InChI=1S/C24H27N3/c25-16-21-19-14-10-5-3-1-2-4-6-11-15-20(19)23(22(17-26)24(21)27)18-12-8-7-9-13-18/h7-9,12-13H,1-6,10-11,14-15,27H2. The number of nitriles is 2. The van der Waals surface area contributed by atoms with E-state index in [1.807, 2.05) is 30.3 Å². The first-order valence-corrected chi connectivity index (χ1v) is 10.1. The van der Waals surface area contributed by atoms with E-state index in [-0.39, 0.29) is 0 Å². The molecule has 0 aromatic heterocycles. The summed E-state index contributed by atoms with van der Waals surface area (Å²) in [5.74, 6) is 0. The van der Waals surface area contributed by atoms with Crippen molar-refractivity contribution in [2.45, 2.75) is 64.2 Å². The van der Waals surface area contributed by atoms with E-state index in [0.717, 1.165) is 42.4 Å². The van der Waals surface area contributed by atoms with Gasteiger partial charge in [0.05, 0.1) is 16.8 Å². The third-order valence-corrected chi connectivity index (χ3v) is 5.65. The zero-order valence-corrected chi connectivity index (χ0v) is 15.9. The first-order chi connectivity index (χ1) is 13.3. The molecule has 1 aliphatic carbocycles. The molecular formula is C24H27N3. The van der Waals surface area contributed by atoms with Crippen LogP contribution in [0.3, 0.4) is 0 Å². The van der Waals surface area contributed by atoms with Crippen molar-refractivity contribution in [2.24, 2.45) is 0 Å². The minimum absolute atomic E-state index is 0.352. The van der Waals surface area contributed by atoms with E-state index in [0.29, 0.717) is 16.8 Å². The van der Waals surface area contributed by atoms with E-state index in [4.69, 9.17) is 5.73 Å². The highest BCUT2D eigenvalue weighted by Gasteiger charge is 2.23. The third kappa shape index (κ3) is 4.15. The summed E-state index contributed by atoms with van der Waals surface area (Å²) in [5, 5.41) is 19.7. The van der Waals surface area contributed by atoms with Gasteiger partial charge in [-0.05, 0) is 42.4 Å². The predicted molar refractivity (Wildman–Crippen MR) is 110 cm³/mol. The fourth-order valence-corrected chi connectivity index (χ4v) is 4.26. The normalized spacial score (nSPS) is 15.5. The van der Waals surface area contributed by atoms with Crippen LogP contribution in [0.1, 0.15) is 73.6 Å². The van der Waals surface area contributed by atoms with Gasteiger partial charge in [-0.3, -0.25) is 0 Å². The molecule has 0 bridgehead atoms. The molecule has 0 amide bonds. The van der Waals surface area contributed by atoms with Crippen LogP contribution in [-0.2, 0) is 12.8 Å². The lowest BCUT2D eigenvalue weighted by molar-refractivity contribution is 0.560. The molecule has 0 radical (unpaired) electrons. The monoisotopic (exact) mass is 357 g/mol. The summed E-state index contributed by atoms with van der Waals surface area (Å²) in [5.41, 5.74) is 11.9. The SMILES string of the molecule is N#Cc1c(N)c(C#N)c(-c2ccccc2)c2c1CCCCCCCCCC2. The zero-order chi connectivity index (χ0) is 19.1. The van der Waals surface area contributed by atoms with Crippen LogP contribution in [-0.4, -0.2) is 0 Å². The topological polar surface area (TPSA) is 73.6 Å². The summed E-state index contributed by atoms with van der Waals surface area (Å²) >= 11 is 0. The molecule has 3 nitrogen and oxygen atoms in total. The average Bonchev–Trinajstić information content (AvgIpc) is 2.69. The Labute approximate surface area is 162 Å². The van der Waals surface area contributed by atoms with E-state index >= 15 is 0 Å². The number of hydrogen-bond donors (Lipinski definition) is 1. The Morgan fingerprint density at radius 3 is 1.74 bits per heavy atom. The largest absolute Gasteiger partial charge is 0.397 e. The van der Waals surface area contributed by atoms with Gasteiger partial charge in [-0.25, -0.2) is 0 Å². The fourth-order valence-electron chi connectivity index (χ4n) is 4.26. The number of nitrogens with zero attached hydrogens (tertiary/aromatic N) is 2. The lowest BCUT2D eigenvalue weighted by Gasteiger charge is -2.21. The van der Waals surface area contributed by atoms with Gasteiger partial charge in [0, 0.05) is 5.56 Å². The van der Waals surface area contributed by atoms with E-state index in [1.54, 1.807) is 0 Å². The summed E-state index contributed by atoms with van der Waals surface area (Å²) in [7, 11) is 0. The van der Waals surface area contributed by atoms with Crippen molar-refractivity contribution in [3.8, 4) is 23.3 Å². The minimum Gasteiger partial charge on any atom is -0.397 e. The van der Waals surface area contributed by atoms with Crippen LogP contribution in [0.15, 0.2) is 30.3 Å². The Hall–Kier alpha value is -2.78. The van der Waals surface area contributed by atoms with Crippen LogP contribution in [0, 0.1) is 22.7 Å². The number of nitrogens with two attached hydrogens (primary N) is 1. The van der Waals surface area contributed by atoms with Crippen molar-refractivity contribution in [3.05, 3.63) is 52.6 Å². The van der Waals surface area contributed by atoms with Gasteiger partial charge in [0.25, 0.3) is 0 Å². The highest BCUT2D eigenvalue weighted by molar-refractivity contribution is 5.85. The molecule has 1 aliphatic rings. The Bertz CT molecular complexity index is 869. The molecule has 2 aromatic carbocycles. The minimum atomic E-state index is 0.352. The van der Waals surface area contributed by atoms with E-state index in [1.165, 1.54) is 44.1 Å². The summed E-state index contributed by atoms with van der Waals surface area (Å²) < 4.78 is 0. The molecular weight excluding hydrogens is 330 g/mol. The second-order valence-corrected chi connectivity index (χ2v) is 7.41. The number of hydrogen-bond acceptors (Lipinski definition) is 3. The van der Waals surface area contributed by atoms with Gasteiger partial charge < -0.3 is 5.73 Å². The Balaban J connectivity index is 2.22. The molecule has 3 heteroatoms. The smallest absolute Gasteiger partial charge is 0.102 e. The van der Waals surface area contributed by atoms with Crippen molar-refractivity contribution in [2.75, 3.05) is 5.73 Å². The van der Waals surface area contributed by atoms with Gasteiger partial charge >= 0.3 is 0 Å². The molecule has 0 saturated heterocycles. The molecule has 2 N–H and O–H groups in total. The lowest BCUT2D eigenvalue weighted by Crippen LogP contribution is -2.09. The Kier molecular flexibility index (Phi) is 6.50. The maximum absolute atomic E-state index is 9.85. The summed E-state index contributed by atoms with van der Waals surface area (Å²) in [6.45, 7) is 0. The van der Waals surface area contributed by atoms with Gasteiger partial charge in [-0.15, -0.1) is 0 Å². The fraction of sp³-hybridized carbons (Fsp3) is 0.417. The number of anilines is 1. The van der Waals surface area contributed by atoms with E-state index < -0.39 is 0 Å². The van der Waals surface area contributed by atoms with Crippen molar-refractivity contribution in [1.29, 1.82) is 10.5 Å². The maximum Gasteiger partial charge on any atom is 0.102 e. The number of benzene rings is 2. The van der Waals surface area contributed by atoms with Crippen molar-refractivity contribution in [3.63, 3.8) is 0 Å². The highest BCUT2D eigenvalue weighted by atomic mass is 14.6. The van der Waals surface area contributed by atoms with Crippen LogP contribution in [0.5, 0.6) is 0 Å². The quantitative estimate of drug-likeness (QED) is 0.646. The lowest BCUT2D eigenvalue weighted by atomic mass is 9.82. The van der Waals surface area contributed by atoms with Crippen LogP contribution in [0.2, 0.25) is 0 Å². The first kappa shape index (κ1) is 19.0. The van der Waals surface area contributed by atoms with Gasteiger partial charge in [-0.2, -0.15) is 10.5 Å². The second kappa shape index (κ2) is 9.24. The second-order valence-electron chi connectivity index (χ2n) is 7.41. The summed E-state index contributed by atoms with van der Waals surface area (Å²) in [4.78, 5) is 0. The van der Waals surface area contributed by atoms with Crippen molar-refractivity contribution in [1.82, 2.24) is 0 Å². The number of nitrogen functional groups attached to an aromatic ring is 1. The molecule has 0 spiro atoms. The van der Waals surface area contributed by atoms with Crippen molar-refractivity contribution < 1.29 is 0 Å². The molecule has 138 valence electrons. The maximum atomic E-state index is 9.85. The predicted octanol–water partition coefficient (Wildman–Crippen LogP) is 5.90.